The molecule has 1 aromatic carbocycles. The van der Waals surface area contributed by atoms with Gasteiger partial charge in [-0.05, 0) is 77.1 Å². The molecule has 11 nitrogen and oxygen atoms in total. The molecule has 0 aromatic heterocycles. The minimum absolute atomic E-state index is 0.106. The lowest BCUT2D eigenvalue weighted by atomic mass is 9.70. The average molecular weight is 667 g/mol. The number of carbonyl (C=O) groups is 4. The van der Waals surface area contributed by atoms with Crippen molar-refractivity contribution in [3.63, 3.8) is 0 Å². The second-order valence-electron chi connectivity index (χ2n) is 13.0. The number of aliphatic hydroxyl groups excluding tert-OH is 1. The summed E-state index contributed by atoms with van der Waals surface area (Å²) in [5.74, 6) is -2.92. The fraction of sp³-hybridized carbons (Fsp3) is 0.622. The second kappa shape index (κ2) is 17.1. The number of likely N-dealkylation sites (tertiary alicyclic amines) is 1. The van der Waals surface area contributed by atoms with Crippen molar-refractivity contribution < 1.29 is 33.8 Å². The number of amides is 3. The first-order valence-corrected chi connectivity index (χ1v) is 17.6. The highest BCUT2D eigenvalue weighted by Crippen LogP contribution is 2.59. The van der Waals surface area contributed by atoms with Gasteiger partial charge in [0.25, 0.3) is 5.91 Å². The first-order chi connectivity index (χ1) is 23.2. The molecule has 4 rings (SSSR count). The summed E-state index contributed by atoms with van der Waals surface area (Å²) in [6.45, 7) is 16.0. The first kappa shape index (κ1) is 37.1. The highest BCUT2D eigenvalue weighted by Gasteiger charge is 2.75. The summed E-state index contributed by atoms with van der Waals surface area (Å²) in [5, 5.41) is 12.0. The van der Waals surface area contributed by atoms with Crippen LogP contribution in [0.3, 0.4) is 0 Å². The van der Waals surface area contributed by atoms with E-state index >= 15 is 0 Å². The Balaban J connectivity index is 1.60. The molecule has 3 saturated heterocycles. The molecule has 0 saturated carbocycles. The van der Waals surface area contributed by atoms with Crippen molar-refractivity contribution >= 4 is 35.1 Å². The van der Waals surface area contributed by atoms with E-state index in [2.05, 4.69) is 37.2 Å². The lowest BCUT2D eigenvalue weighted by Gasteiger charge is -2.37. The minimum atomic E-state index is -1.16. The van der Waals surface area contributed by atoms with E-state index in [0.717, 1.165) is 31.6 Å². The van der Waals surface area contributed by atoms with Crippen LogP contribution < -0.4 is 15.1 Å². The molecule has 2 bridgehead atoms. The predicted octanol–water partition coefficient (Wildman–Crippen LogP) is 3.99. The molecule has 264 valence electrons. The highest BCUT2D eigenvalue weighted by atomic mass is 16.6. The van der Waals surface area contributed by atoms with Crippen molar-refractivity contribution in [1.82, 2.24) is 10.2 Å². The maximum atomic E-state index is 14.8. The number of carbonyl (C=O) groups excluding carboxylic acids is 4. The second-order valence-corrected chi connectivity index (χ2v) is 13.0. The molecule has 48 heavy (non-hydrogen) atoms. The minimum Gasteiger partial charge on any atom is -0.460 e. The monoisotopic (exact) mass is 666 g/mol. The van der Waals surface area contributed by atoms with Gasteiger partial charge in [0.1, 0.15) is 17.7 Å². The fourth-order valence-corrected chi connectivity index (χ4v) is 7.62. The molecule has 1 aromatic rings. The van der Waals surface area contributed by atoms with Crippen LogP contribution in [0.5, 0.6) is 0 Å². The summed E-state index contributed by atoms with van der Waals surface area (Å²) < 4.78 is 12.4. The first-order valence-electron chi connectivity index (χ1n) is 17.6. The largest absolute Gasteiger partial charge is 0.460 e. The number of anilines is 2. The molecule has 3 fully saturated rings. The molecule has 3 amide bonds. The van der Waals surface area contributed by atoms with Crippen molar-refractivity contribution in [1.29, 1.82) is 0 Å². The molecule has 0 radical (unpaired) electrons. The van der Waals surface area contributed by atoms with Gasteiger partial charge in [-0.2, -0.15) is 0 Å². The van der Waals surface area contributed by atoms with E-state index in [-0.39, 0.29) is 37.4 Å². The highest BCUT2D eigenvalue weighted by molar-refractivity contribution is 6.04. The van der Waals surface area contributed by atoms with E-state index in [1.54, 1.807) is 28.9 Å². The zero-order valence-corrected chi connectivity index (χ0v) is 28.9. The smallest absolute Gasteiger partial charge is 0.312 e. The summed E-state index contributed by atoms with van der Waals surface area (Å²) in [6, 6.07) is 6.92. The number of unbranched alkanes of at least 4 members (excludes halogenated alkanes) is 3. The summed E-state index contributed by atoms with van der Waals surface area (Å²) in [5.41, 5.74) is 0.591. The number of esters is 1. The number of hydrogen-bond donors (Lipinski definition) is 2. The standard InChI is InChI=1S/C37H54N4O7/c1-6-10-15-30(43)38-25-26(5)47-36(46)31-29-20-21-37(48-29)32(31)34(44)41(23-13-11-12-14-24-42)33(37)35(45)40(22-7-2)28-18-16-27(17-19-28)39(8-3)9-4/h6-7,16-19,26,29,31-33,42H,1-2,8-15,20-25H2,3-5H3,(H,38,43)/t26-,29-,31+,32+,33-,37+/m0/s1. The molecule has 3 aliphatic rings. The maximum Gasteiger partial charge on any atom is 0.312 e. The zero-order chi connectivity index (χ0) is 34.8. The van der Waals surface area contributed by atoms with Crippen molar-refractivity contribution in [3.05, 3.63) is 49.6 Å². The number of hydrogen-bond acceptors (Lipinski definition) is 8. The summed E-state index contributed by atoms with van der Waals surface area (Å²) >= 11 is 0. The Labute approximate surface area is 285 Å². The third-order valence-electron chi connectivity index (χ3n) is 9.96. The summed E-state index contributed by atoms with van der Waals surface area (Å²) in [6.07, 6.45) is 6.98. The average Bonchev–Trinajstić information content (AvgIpc) is 3.73. The van der Waals surface area contributed by atoms with Crippen molar-refractivity contribution in [2.45, 2.75) is 96.0 Å². The van der Waals surface area contributed by atoms with Gasteiger partial charge >= 0.3 is 5.97 Å². The van der Waals surface area contributed by atoms with Crippen LogP contribution in [0.2, 0.25) is 0 Å². The van der Waals surface area contributed by atoms with Crippen LogP contribution in [0, 0.1) is 11.8 Å². The maximum absolute atomic E-state index is 14.8. The molecular weight excluding hydrogens is 612 g/mol. The lowest BCUT2D eigenvalue weighted by molar-refractivity contribution is -0.159. The molecule has 11 heteroatoms. The van der Waals surface area contributed by atoms with E-state index < -0.39 is 41.7 Å². The van der Waals surface area contributed by atoms with Gasteiger partial charge in [0, 0.05) is 50.6 Å². The number of nitrogens with zero attached hydrogens (tertiary/aromatic N) is 3. The van der Waals surface area contributed by atoms with Crippen LogP contribution in [-0.4, -0.2) is 96.9 Å². The molecule has 0 unspecified atom stereocenters. The third kappa shape index (κ3) is 7.78. The van der Waals surface area contributed by atoms with Crippen LogP contribution in [0.1, 0.15) is 72.1 Å². The van der Waals surface area contributed by atoms with Gasteiger partial charge in [-0.3, -0.25) is 19.2 Å². The van der Waals surface area contributed by atoms with Gasteiger partial charge in [0.15, 0.2) is 0 Å². The van der Waals surface area contributed by atoms with Crippen LogP contribution in [0.25, 0.3) is 0 Å². The number of rotatable bonds is 20. The Morgan fingerprint density at radius 3 is 2.44 bits per heavy atom. The Kier molecular flexibility index (Phi) is 13.2. The number of aliphatic hydroxyl groups is 1. The number of fused-ring (bicyclic) bond motifs is 1. The van der Waals surface area contributed by atoms with Crippen LogP contribution in [-0.2, 0) is 28.7 Å². The fourth-order valence-electron chi connectivity index (χ4n) is 7.62. The van der Waals surface area contributed by atoms with Crippen molar-refractivity contribution in [2.75, 3.05) is 49.1 Å². The van der Waals surface area contributed by atoms with Gasteiger partial charge in [0.2, 0.25) is 11.8 Å². The van der Waals surface area contributed by atoms with Gasteiger partial charge in [-0.15, -0.1) is 13.2 Å². The number of allylic oxidation sites excluding steroid dienone is 1. The van der Waals surface area contributed by atoms with Gasteiger partial charge in [-0.25, -0.2) is 0 Å². The molecular formula is C37H54N4O7. The van der Waals surface area contributed by atoms with Gasteiger partial charge < -0.3 is 34.6 Å². The quantitative estimate of drug-likeness (QED) is 0.122. The van der Waals surface area contributed by atoms with E-state index in [9.17, 15) is 24.3 Å². The zero-order valence-electron chi connectivity index (χ0n) is 28.9. The van der Waals surface area contributed by atoms with Crippen molar-refractivity contribution in [2.24, 2.45) is 11.8 Å². The Morgan fingerprint density at radius 1 is 1.10 bits per heavy atom. The molecule has 2 N–H and O–H groups in total. The molecule has 0 aliphatic carbocycles. The summed E-state index contributed by atoms with van der Waals surface area (Å²) in [4.78, 5) is 60.4. The third-order valence-corrected chi connectivity index (χ3v) is 9.96. The Hall–Kier alpha value is -3.70. The van der Waals surface area contributed by atoms with E-state index in [0.29, 0.717) is 50.8 Å². The lowest BCUT2D eigenvalue weighted by Crippen LogP contribution is -2.56. The number of ether oxygens (including phenoxy) is 2. The molecule has 3 aliphatic heterocycles. The van der Waals surface area contributed by atoms with Crippen molar-refractivity contribution in [3.8, 4) is 0 Å². The Bertz CT molecular complexity index is 1300. The van der Waals surface area contributed by atoms with Crippen LogP contribution in [0.4, 0.5) is 11.4 Å². The normalized spacial score (nSPS) is 24.6. The van der Waals surface area contributed by atoms with Gasteiger partial charge in [-0.1, -0.05) is 25.0 Å². The Morgan fingerprint density at radius 2 is 1.79 bits per heavy atom. The number of nitrogens with one attached hydrogen (secondary N) is 1. The van der Waals surface area contributed by atoms with Crippen LogP contribution in [0.15, 0.2) is 49.6 Å². The van der Waals surface area contributed by atoms with E-state index in [1.165, 1.54) is 0 Å². The van der Waals surface area contributed by atoms with E-state index in [1.807, 2.05) is 24.3 Å². The van der Waals surface area contributed by atoms with Crippen LogP contribution >= 0.6 is 0 Å². The molecule has 6 atom stereocenters. The molecule has 3 heterocycles. The van der Waals surface area contributed by atoms with E-state index in [4.69, 9.17) is 9.47 Å². The summed E-state index contributed by atoms with van der Waals surface area (Å²) in [7, 11) is 0. The SMILES string of the molecule is C=CCCC(=O)NC[C@H](C)OC(=O)[C@@H]1[C@@H]2CC[C@]3(O2)[C@H](C(=O)N(CC=C)c2ccc(N(CC)CC)cc2)N(CCCCCCO)C(=O)[C@@H]13. The van der Waals surface area contributed by atoms with Gasteiger partial charge in [0.05, 0.1) is 24.5 Å². The molecule has 1 spiro atoms. The topological polar surface area (TPSA) is 129 Å². The number of benzene rings is 1. The predicted molar refractivity (Wildman–Crippen MR) is 185 cm³/mol.